The van der Waals surface area contributed by atoms with E-state index in [1.807, 2.05) is 66.1 Å². The van der Waals surface area contributed by atoms with Crippen LogP contribution in [0, 0.1) is 6.92 Å². The van der Waals surface area contributed by atoms with Crippen molar-refractivity contribution in [3.8, 4) is 11.4 Å². The molecule has 0 aliphatic heterocycles. The molecule has 0 fully saturated rings. The minimum atomic E-state index is 0.0703. The summed E-state index contributed by atoms with van der Waals surface area (Å²) in [6.07, 6.45) is 1.65. The second-order valence-electron chi connectivity index (χ2n) is 6.35. The van der Waals surface area contributed by atoms with Crippen LogP contribution in [-0.2, 0) is 6.54 Å². The molecule has 0 atom stereocenters. The number of furan rings is 1. The van der Waals surface area contributed by atoms with Gasteiger partial charge >= 0.3 is 0 Å². The molecule has 6 heteroatoms. The van der Waals surface area contributed by atoms with E-state index in [-0.39, 0.29) is 5.78 Å². The molecule has 4 aromatic rings. The summed E-state index contributed by atoms with van der Waals surface area (Å²) >= 11 is 1.40. The Morgan fingerprint density at radius 1 is 1.00 bits per heavy atom. The molecule has 4 rings (SSSR count). The molecule has 0 amide bonds. The van der Waals surface area contributed by atoms with Crippen LogP contribution < -0.4 is 0 Å². The van der Waals surface area contributed by atoms with Crippen LogP contribution in [0.4, 0.5) is 0 Å². The molecule has 0 bridgehead atoms. The maximum atomic E-state index is 12.5. The molecular weight excluding hydrogens is 370 g/mol. The SMILES string of the molecule is Cc1occc1-c1nnc(SCC(=O)c2ccccc2)n1Cc1ccccc1. The number of ketones is 1. The number of hydrogen-bond donors (Lipinski definition) is 0. The number of hydrogen-bond acceptors (Lipinski definition) is 5. The highest BCUT2D eigenvalue weighted by molar-refractivity contribution is 7.99. The van der Waals surface area contributed by atoms with Crippen molar-refractivity contribution in [2.75, 3.05) is 5.75 Å². The lowest BCUT2D eigenvalue weighted by Crippen LogP contribution is -2.07. The molecule has 2 aromatic heterocycles. The summed E-state index contributed by atoms with van der Waals surface area (Å²) in [5, 5.41) is 9.46. The van der Waals surface area contributed by atoms with E-state index in [9.17, 15) is 4.79 Å². The van der Waals surface area contributed by atoms with Crippen molar-refractivity contribution in [2.45, 2.75) is 18.6 Å². The molecule has 5 nitrogen and oxygen atoms in total. The van der Waals surface area contributed by atoms with Gasteiger partial charge in [-0.1, -0.05) is 72.4 Å². The second-order valence-corrected chi connectivity index (χ2v) is 7.29. The van der Waals surface area contributed by atoms with E-state index in [1.54, 1.807) is 6.26 Å². The molecule has 0 saturated heterocycles. The monoisotopic (exact) mass is 389 g/mol. The number of carbonyl (C=O) groups is 1. The van der Waals surface area contributed by atoms with Gasteiger partial charge in [0.1, 0.15) is 5.76 Å². The van der Waals surface area contributed by atoms with Gasteiger partial charge in [0.2, 0.25) is 0 Å². The molecule has 0 N–H and O–H groups in total. The Hall–Kier alpha value is -3.12. The molecule has 0 aliphatic rings. The number of carbonyl (C=O) groups excluding carboxylic acids is 1. The Labute approximate surface area is 167 Å². The standard InChI is InChI=1S/C22H19N3O2S/c1-16-19(12-13-27-16)21-23-24-22(25(21)14-17-8-4-2-5-9-17)28-15-20(26)18-10-6-3-7-11-18/h2-13H,14-15H2,1H3. The lowest BCUT2D eigenvalue weighted by molar-refractivity contribution is 0.102. The van der Waals surface area contributed by atoms with Gasteiger partial charge in [-0.3, -0.25) is 9.36 Å². The Bertz CT molecular complexity index is 1070. The summed E-state index contributed by atoms with van der Waals surface area (Å²) in [4.78, 5) is 12.5. The number of aromatic nitrogens is 3. The summed E-state index contributed by atoms with van der Waals surface area (Å²) in [7, 11) is 0. The number of Topliss-reactive ketones (excluding diaryl/α,β-unsaturated/α-hetero) is 1. The minimum absolute atomic E-state index is 0.0703. The normalized spacial score (nSPS) is 10.9. The first-order valence-electron chi connectivity index (χ1n) is 8.95. The third-order valence-corrected chi connectivity index (χ3v) is 5.39. The van der Waals surface area contributed by atoms with Crippen molar-refractivity contribution in [1.82, 2.24) is 14.8 Å². The summed E-state index contributed by atoms with van der Waals surface area (Å²) < 4.78 is 7.49. The van der Waals surface area contributed by atoms with Gasteiger partial charge in [0.05, 0.1) is 24.1 Å². The minimum Gasteiger partial charge on any atom is -0.469 e. The van der Waals surface area contributed by atoms with Gasteiger partial charge in [-0.15, -0.1) is 10.2 Å². The highest BCUT2D eigenvalue weighted by Crippen LogP contribution is 2.28. The van der Waals surface area contributed by atoms with Gasteiger partial charge in [0, 0.05) is 5.56 Å². The van der Waals surface area contributed by atoms with Crippen LogP contribution in [0.2, 0.25) is 0 Å². The lowest BCUT2D eigenvalue weighted by atomic mass is 10.2. The molecule has 2 aromatic carbocycles. The third-order valence-electron chi connectivity index (χ3n) is 4.43. The maximum absolute atomic E-state index is 12.5. The molecule has 0 unspecified atom stereocenters. The van der Waals surface area contributed by atoms with Crippen molar-refractivity contribution < 1.29 is 9.21 Å². The topological polar surface area (TPSA) is 60.9 Å². The van der Waals surface area contributed by atoms with E-state index in [2.05, 4.69) is 22.3 Å². The first-order valence-corrected chi connectivity index (χ1v) is 9.93. The first kappa shape index (κ1) is 18.3. The van der Waals surface area contributed by atoms with Crippen LogP contribution >= 0.6 is 11.8 Å². The van der Waals surface area contributed by atoms with E-state index >= 15 is 0 Å². The molecule has 0 aliphatic carbocycles. The molecular formula is C22H19N3O2S. The number of thioether (sulfide) groups is 1. The summed E-state index contributed by atoms with van der Waals surface area (Å²) in [6, 6.07) is 21.3. The van der Waals surface area contributed by atoms with Crippen molar-refractivity contribution in [3.63, 3.8) is 0 Å². The molecule has 0 saturated carbocycles. The van der Waals surface area contributed by atoms with Gasteiger partial charge < -0.3 is 4.42 Å². The molecule has 2 heterocycles. The van der Waals surface area contributed by atoms with Crippen molar-refractivity contribution >= 4 is 17.5 Å². The average molecular weight is 389 g/mol. The zero-order chi connectivity index (χ0) is 19.3. The highest BCUT2D eigenvalue weighted by atomic mass is 32.2. The number of nitrogens with zero attached hydrogens (tertiary/aromatic N) is 3. The zero-order valence-electron chi connectivity index (χ0n) is 15.4. The first-order chi connectivity index (χ1) is 13.7. The molecule has 0 radical (unpaired) electrons. The van der Waals surface area contributed by atoms with Gasteiger partial charge in [0.25, 0.3) is 0 Å². The number of aryl methyl sites for hydroxylation is 1. The van der Waals surface area contributed by atoms with Crippen LogP contribution in [0.15, 0.2) is 82.6 Å². The Morgan fingerprint density at radius 3 is 2.39 bits per heavy atom. The quantitative estimate of drug-likeness (QED) is 0.333. The molecule has 0 spiro atoms. The zero-order valence-corrected chi connectivity index (χ0v) is 16.2. The smallest absolute Gasteiger partial charge is 0.192 e. The van der Waals surface area contributed by atoms with Crippen molar-refractivity contribution in [1.29, 1.82) is 0 Å². The fourth-order valence-electron chi connectivity index (χ4n) is 2.96. The molecule has 140 valence electrons. The van der Waals surface area contributed by atoms with Crippen LogP contribution in [0.1, 0.15) is 21.7 Å². The lowest BCUT2D eigenvalue weighted by Gasteiger charge is -2.10. The summed E-state index contributed by atoms with van der Waals surface area (Å²) in [5.41, 5.74) is 2.75. The number of rotatable bonds is 7. The van der Waals surface area contributed by atoms with Crippen molar-refractivity contribution in [2.24, 2.45) is 0 Å². The average Bonchev–Trinajstić information content (AvgIpc) is 3.33. The maximum Gasteiger partial charge on any atom is 0.192 e. The van der Waals surface area contributed by atoms with Crippen LogP contribution in [0.25, 0.3) is 11.4 Å². The predicted octanol–water partition coefficient (Wildman–Crippen LogP) is 4.87. The van der Waals surface area contributed by atoms with Crippen molar-refractivity contribution in [3.05, 3.63) is 89.9 Å². The highest BCUT2D eigenvalue weighted by Gasteiger charge is 2.19. The third kappa shape index (κ3) is 3.92. The second kappa shape index (κ2) is 8.27. The Kier molecular flexibility index (Phi) is 5.39. The van der Waals surface area contributed by atoms with Crippen LogP contribution in [0.3, 0.4) is 0 Å². The Balaban J connectivity index is 1.62. The predicted molar refractivity (Wildman–Crippen MR) is 110 cm³/mol. The fraction of sp³-hybridized carbons (Fsp3) is 0.136. The van der Waals surface area contributed by atoms with E-state index < -0.39 is 0 Å². The van der Waals surface area contributed by atoms with Crippen LogP contribution in [-0.4, -0.2) is 26.3 Å². The molecule has 28 heavy (non-hydrogen) atoms. The van der Waals surface area contributed by atoms with E-state index in [0.717, 1.165) is 22.7 Å². The van der Waals surface area contributed by atoms with E-state index in [1.165, 1.54) is 11.8 Å². The Morgan fingerprint density at radius 2 is 1.71 bits per heavy atom. The van der Waals surface area contributed by atoms with Gasteiger partial charge in [-0.2, -0.15) is 0 Å². The summed E-state index contributed by atoms with van der Waals surface area (Å²) in [5.74, 6) is 1.91. The van der Waals surface area contributed by atoms with E-state index in [0.29, 0.717) is 23.0 Å². The van der Waals surface area contributed by atoms with Gasteiger partial charge in [0.15, 0.2) is 16.8 Å². The summed E-state index contributed by atoms with van der Waals surface area (Å²) in [6.45, 7) is 2.53. The van der Waals surface area contributed by atoms with Crippen LogP contribution in [0.5, 0.6) is 0 Å². The number of benzene rings is 2. The fourth-order valence-corrected chi connectivity index (χ4v) is 3.79. The van der Waals surface area contributed by atoms with E-state index in [4.69, 9.17) is 4.42 Å². The largest absolute Gasteiger partial charge is 0.469 e. The van der Waals surface area contributed by atoms with Gasteiger partial charge in [-0.05, 0) is 18.6 Å². The van der Waals surface area contributed by atoms with Gasteiger partial charge in [-0.25, -0.2) is 0 Å².